The number of methoxy groups -OCH3 is 1. The molecule has 0 saturated carbocycles. The van der Waals surface area contributed by atoms with Crippen LogP contribution in [0.3, 0.4) is 0 Å². The number of aromatic nitrogens is 2. The summed E-state index contributed by atoms with van der Waals surface area (Å²) in [5.74, 6) is -0.921. The van der Waals surface area contributed by atoms with Gasteiger partial charge in [-0.05, 0) is 18.2 Å². The van der Waals surface area contributed by atoms with E-state index >= 15 is 0 Å². The molecule has 0 aliphatic carbocycles. The predicted octanol–water partition coefficient (Wildman–Crippen LogP) is 2.23. The Bertz CT molecular complexity index is 566. The molecule has 1 aromatic carbocycles. The minimum absolute atomic E-state index is 0.00692. The molecule has 5 nitrogen and oxygen atoms in total. The van der Waals surface area contributed by atoms with Crippen LogP contribution < -0.4 is 4.74 Å². The summed E-state index contributed by atoms with van der Waals surface area (Å²) in [7, 11) is 1.39. The summed E-state index contributed by atoms with van der Waals surface area (Å²) in [5.41, 5.74) is 0.648. The normalized spacial score (nSPS) is 10.2. The lowest BCUT2D eigenvalue weighted by molar-refractivity contribution is 0.0693. The van der Waals surface area contributed by atoms with E-state index in [1.807, 2.05) is 0 Å². The van der Waals surface area contributed by atoms with Crippen LogP contribution in [0.25, 0.3) is 5.69 Å². The molecule has 88 valence electrons. The molecule has 1 N–H and O–H groups in total. The van der Waals surface area contributed by atoms with Gasteiger partial charge in [0.2, 0.25) is 5.88 Å². The highest BCUT2D eigenvalue weighted by atomic mass is 35.5. The van der Waals surface area contributed by atoms with Crippen LogP contribution in [-0.4, -0.2) is 28.0 Å². The molecule has 1 aromatic heterocycles. The third-order valence-corrected chi connectivity index (χ3v) is 2.44. The SMILES string of the molecule is COc1c(C(=O)O)cnn1-c1cccc(Cl)c1. The van der Waals surface area contributed by atoms with Gasteiger partial charge in [0, 0.05) is 5.02 Å². The number of benzene rings is 1. The molecule has 17 heavy (non-hydrogen) atoms. The van der Waals surface area contributed by atoms with E-state index in [0.717, 1.165) is 0 Å². The summed E-state index contributed by atoms with van der Waals surface area (Å²) < 4.78 is 6.43. The standard InChI is InChI=1S/C11H9ClN2O3/c1-17-10-9(11(15)16)6-13-14(10)8-4-2-3-7(12)5-8/h2-6H,1H3,(H,15,16). The second kappa shape index (κ2) is 4.47. The number of halogens is 1. The summed E-state index contributed by atoms with van der Waals surface area (Å²) in [4.78, 5) is 10.9. The van der Waals surface area contributed by atoms with Crippen molar-refractivity contribution in [1.82, 2.24) is 9.78 Å². The van der Waals surface area contributed by atoms with Crippen molar-refractivity contribution >= 4 is 17.6 Å². The minimum Gasteiger partial charge on any atom is -0.480 e. The number of carboxylic acid groups (broad SMARTS) is 1. The lowest BCUT2D eigenvalue weighted by Crippen LogP contribution is -2.03. The summed E-state index contributed by atoms with van der Waals surface area (Å²) >= 11 is 5.86. The molecular weight excluding hydrogens is 244 g/mol. The van der Waals surface area contributed by atoms with Gasteiger partial charge in [0.05, 0.1) is 19.0 Å². The maximum atomic E-state index is 10.9. The summed E-state index contributed by atoms with van der Waals surface area (Å²) in [6.07, 6.45) is 1.24. The first-order valence-corrected chi connectivity index (χ1v) is 5.12. The molecule has 6 heteroatoms. The molecule has 0 bridgehead atoms. The van der Waals surface area contributed by atoms with Gasteiger partial charge in [-0.1, -0.05) is 17.7 Å². The van der Waals surface area contributed by atoms with Gasteiger partial charge < -0.3 is 9.84 Å². The monoisotopic (exact) mass is 252 g/mol. The van der Waals surface area contributed by atoms with E-state index in [0.29, 0.717) is 10.7 Å². The largest absolute Gasteiger partial charge is 0.480 e. The second-order valence-electron chi connectivity index (χ2n) is 3.26. The Balaban J connectivity index is 2.56. The third kappa shape index (κ3) is 2.09. The number of carboxylic acids is 1. The number of rotatable bonds is 3. The average molecular weight is 253 g/mol. The van der Waals surface area contributed by atoms with Crippen LogP contribution in [0.2, 0.25) is 5.02 Å². The molecule has 0 amide bonds. The van der Waals surface area contributed by atoms with Crippen LogP contribution in [0.5, 0.6) is 5.88 Å². The molecule has 0 aliphatic heterocycles. The molecule has 1 heterocycles. The number of ether oxygens (including phenoxy) is 1. The number of hydrogen-bond acceptors (Lipinski definition) is 3. The van der Waals surface area contributed by atoms with Crippen LogP contribution in [0.1, 0.15) is 10.4 Å². The second-order valence-corrected chi connectivity index (χ2v) is 3.70. The Labute approximate surface area is 102 Å². The summed E-state index contributed by atoms with van der Waals surface area (Å²) in [6, 6.07) is 6.90. The van der Waals surface area contributed by atoms with Crippen molar-refractivity contribution in [3.8, 4) is 11.6 Å². The van der Waals surface area contributed by atoms with Crippen LogP contribution in [0.4, 0.5) is 0 Å². The molecule has 0 unspecified atom stereocenters. The molecule has 0 aliphatic rings. The van der Waals surface area contributed by atoms with E-state index in [4.69, 9.17) is 21.4 Å². The molecule has 0 atom stereocenters. The van der Waals surface area contributed by atoms with E-state index < -0.39 is 5.97 Å². The van der Waals surface area contributed by atoms with Gasteiger partial charge in [0.25, 0.3) is 0 Å². The van der Waals surface area contributed by atoms with E-state index in [1.165, 1.54) is 18.0 Å². The van der Waals surface area contributed by atoms with Gasteiger partial charge in [0.1, 0.15) is 5.56 Å². The first kappa shape index (κ1) is 11.5. The average Bonchev–Trinajstić information content (AvgIpc) is 2.72. The molecule has 0 radical (unpaired) electrons. The fourth-order valence-electron chi connectivity index (χ4n) is 1.47. The zero-order valence-corrected chi connectivity index (χ0v) is 9.68. The summed E-state index contributed by atoms with van der Waals surface area (Å²) in [5, 5.41) is 13.5. The number of nitrogens with zero attached hydrogens (tertiary/aromatic N) is 2. The van der Waals surface area contributed by atoms with E-state index in [1.54, 1.807) is 24.3 Å². The van der Waals surface area contributed by atoms with Gasteiger partial charge >= 0.3 is 5.97 Å². The quantitative estimate of drug-likeness (QED) is 0.910. The first-order valence-electron chi connectivity index (χ1n) is 4.74. The highest BCUT2D eigenvalue weighted by Crippen LogP contribution is 2.23. The molecule has 0 fully saturated rings. The van der Waals surface area contributed by atoms with Crippen LogP contribution >= 0.6 is 11.6 Å². The van der Waals surface area contributed by atoms with E-state index in [9.17, 15) is 4.79 Å². The minimum atomic E-state index is -1.09. The van der Waals surface area contributed by atoms with Gasteiger partial charge in [-0.2, -0.15) is 5.10 Å². The van der Waals surface area contributed by atoms with Crippen LogP contribution in [0.15, 0.2) is 30.5 Å². The number of aromatic carboxylic acids is 1. The molecule has 2 aromatic rings. The maximum absolute atomic E-state index is 10.9. The van der Waals surface area contributed by atoms with Crippen molar-refractivity contribution in [1.29, 1.82) is 0 Å². The van der Waals surface area contributed by atoms with Gasteiger partial charge in [-0.15, -0.1) is 0 Å². The first-order chi connectivity index (χ1) is 8.13. The molecule has 0 spiro atoms. The number of carbonyl (C=O) groups is 1. The summed E-state index contributed by atoms with van der Waals surface area (Å²) in [6.45, 7) is 0. The van der Waals surface area contributed by atoms with Crippen molar-refractivity contribution in [2.75, 3.05) is 7.11 Å². The van der Waals surface area contributed by atoms with Gasteiger partial charge in [-0.25, -0.2) is 9.48 Å². The molecule has 2 rings (SSSR count). The highest BCUT2D eigenvalue weighted by Gasteiger charge is 2.18. The molecule has 0 saturated heterocycles. The fourth-order valence-corrected chi connectivity index (χ4v) is 1.66. The predicted molar refractivity (Wildman–Crippen MR) is 62.1 cm³/mol. The van der Waals surface area contributed by atoms with Crippen molar-refractivity contribution in [3.63, 3.8) is 0 Å². The van der Waals surface area contributed by atoms with Crippen LogP contribution in [-0.2, 0) is 0 Å². The van der Waals surface area contributed by atoms with E-state index in [-0.39, 0.29) is 11.4 Å². The Morgan fingerprint density at radius 2 is 2.29 bits per heavy atom. The van der Waals surface area contributed by atoms with Crippen molar-refractivity contribution in [3.05, 3.63) is 41.0 Å². The Morgan fingerprint density at radius 3 is 2.88 bits per heavy atom. The zero-order valence-electron chi connectivity index (χ0n) is 8.92. The van der Waals surface area contributed by atoms with Crippen molar-refractivity contribution in [2.24, 2.45) is 0 Å². The third-order valence-electron chi connectivity index (χ3n) is 2.20. The van der Waals surface area contributed by atoms with Gasteiger partial charge in [-0.3, -0.25) is 0 Å². The lowest BCUT2D eigenvalue weighted by Gasteiger charge is -2.06. The van der Waals surface area contributed by atoms with Crippen molar-refractivity contribution < 1.29 is 14.6 Å². The number of hydrogen-bond donors (Lipinski definition) is 1. The zero-order chi connectivity index (χ0) is 12.4. The lowest BCUT2D eigenvalue weighted by atomic mass is 10.3. The van der Waals surface area contributed by atoms with Crippen molar-refractivity contribution in [2.45, 2.75) is 0 Å². The molecular formula is C11H9ClN2O3. The maximum Gasteiger partial charge on any atom is 0.342 e. The Morgan fingerprint density at radius 1 is 1.53 bits per heavy atom. The Kier molecular flexibility index (Phi) is 3.01. The van der Waals surface area contributed by atoms with Gasteiger partial charge in [0.15, 0.2) is 0 Å². The topological polar surface area (TPSA) is 64.3 Å². The highest BCUT2D eigenvalue weighted by molar-refractivity contribution is 6.30. The van der Waals surface area contributed by atoms with Crippen LogP contribution in [0, 0.1) is 0 Å². The Hall–Kier alpha value is -2.01. The fraction of sp³-hybridized carbons (Fsp3) is 0.0909. The smallest absolute Gasteiger partial charge is 0.342 e. The van der Waals surface area contributed by atoms with E-state index in [2.05, 4.69) is 5.10 Å².